The number of para-hydroxylation sites is 1. The zero-order chi connectivity index (χ0) is 20.9. The third-order valence-corrected chi connectivity index (χ3v) is 5.72. The first kappa shape index (κ1) is 19.8. The Morgan fingerprint density at radius 2 is 1.93 bits per heavy atom. The molecule has 4 aromatic rings. The molecule has 0 saturated heterocycles. The molecule has 8 heteroatoms. The highest BCUT2D eigenvalue weighted by atomic mass is 32.1. The van der Waals surface area contributed by atoms with Crippen LogP contribution in [0.4, 0.5) is 11.4 Å². The molecule has 0 fully saturated rings. The average Bonchev–Trinajstić information content (AvgIpc) is 3.40. The van der Waals surface area contributed by atoms with Gasteiger partial charge in [-0.25, -0.2) is 9.98 Å². The largest absolute Gasteiger partial charge is 0.337 e. The smallest absolute Gasteiger partial charge is 0.269 e. The minimum absolute atomic E-state index is 0.0884. The molecule has 0 aliphatic carbocycles. The first-order chi connectivity index (χ1) is 14.6. The maximum atomic E-state index is 11.0. The molecule has 0 aliphatic heterocycles. The van der Waals surface area contributed by atoms with E-state index in [-0.39, 0.29) is 10.6 Å². The van der Waals surface area contributed by atoms with Gasteiger partial charge in [-0.1, -0.05) is 18.2 Å². The van der Waals surface area contributed by atoms with Crippen LogP contribution in [-0.2, 0) is 13.1 Å². The first-order valence-corrected chi connectivity index (χ1v) is 10.5. The maximum absolute atomic E-state index is 11.0. The van der Waals surface area contributed by atoms with Crippen molar-refractivity contribution in [2.45, 2.75) is 26.4 Å². The van der Waals surface area contributed by atoms with Crippen molar-refractivity contribution in [3.63, 3.8) is 0 Å². The second-order valence-corrected chi connectivity index (χ2v) is 7.75. The molecule has 30 heavy (non-hydrogen) atoms. The minimum Gasteiger partial charge on any atom is -0.337 e. The van der Waals surface area contributed by atoms with Crippen molar-refractivity contribution in [2.75, 3.05) is 0 Å². The molecule has 2 heterocycles. The summed E-state index contributed by atoms with van der Waals surface area (Å²) in [7, 11) is 0. The second kappa shape index (κ2) is 8.87. The van der Waals surface area contributed by atoms with Gasteiger partial charge < -0.3 is 9.13 Å². The number of nitro groups is 1. The lowest BCUT2D eigenvalue weighted by Gasteiger charge is -2.10. The Morgan fingerprint density at radius 3 is 2.63 bits per heavy atom. The van der Waals surface area contributed by atoms with Gasteiger partial charge in [0.25, 0.3) is 5.69 Å². The summed E-state index contributed by atoms with van der Waals surface area (Å²) in [6, 6.07) is 14.7. The van der Waals surface area contributed by atoms with Crippen molar-refractivity contribution < 1.29 is 4.92 Å². The van der Waals surface area contributed by atoms with Crippen LogP contribution in [-0.4, -0.2) is 19.0 Å². The standard InChI is InChI=1S/C22H21N5O2S/c1-17-5-2-3-6-20(17)24-22-26(13-4-12-25-14-11-23-16-25)21(15-30-22)18-7-9-19(10-8-18)27(28)29/h2-3,5-11,14-16H,4,12-13H2,1H3. The van der Waals surface area contributed by atoms with E-state index in [1.807, 2.05) is 43.7 Å². The molecule has 2 aromatic heterocycles. The lowest BCUT2D eigenvalue weighted by Crippen LogP contribution is -2.17. The van der Waals surface area contributed by atoms with Gasteiger partial charge >= 0.3 is 0 Å². The molecule has 0 radical (unpaired) electrons. The number of imidazole rings is 1. The van der Waals surface area contributed by atoms with Crippen LogP contribution in [0.1, 0.15) is 12.0 Å². The Morgan fingerprint density at radius 1 is 1.13 bits per heavy atom. The van der Waals surface area contributed by atoms with Crippen molar-refractivity contribution in [1.29, 1.82) is 0 Å². The fourth-order valence-electron chi connectivity index (χ4n) is 3.24. The predicted molar refractivity (Wildman–Crippen MR) is 118 cm³/mol. The normalized spacial score (nSPS) is 11.7. The average molecular weight is 420 g/mol. The molecule has 0 unspecified atom stereocenters. The van der Waals surface area contributed by atoms with Gasteiger partial charge in [0.15, 0.2) is 4.80 Å². The van der Waals surface area contributed by atoms with Crippen LogP contribution in [0.25, 0.3) is 11.3 Å². The summed E-state index contributed by atoms with van der Waals surface area (Å²) in [6.07, 6.45) is 6.45. The predicted octanol–water partition coefficient (Wildman–Crippen LogP) is 4.95. The van der Waals surface area contributed by atoms with Crippen molar-refractivity contribution in [2.24, 2.45) is 4.99 Å². The van der Waals surface area contributed by atoms with Gasteiger partial charge in [-0.05, 0) is 42.7 Å². The van der Waals surface area contributed by atoms with E-state index in [9.17, 15) is 10.1 Å². The Hall–Kier alpha value is -3.52. The molecule has 0 bridgehead atoms. The summed E-state index contributed by atoms with van der Waals surface area (Å²) < 4.78 is 4.24. The monoisotopic (exact) mass is 419 g/mol. The summed E-state index contributed by atoms with van der Waals surface area (Å²) >= 11 is 1.58. The van der Waals surface area contributed by atoms with E-state index in [4.69, 9.17) is 4.99 Å². The van der Waals surface area contributed by atoms with Crippen LogP contribution in [0.2, 0.25) is 0 Å². The summed E-state index contributed by atoms with van der Waals surface area (Å²) in [5.41, 5.74) is 4.09. The Labute approximate surface area is 177 Å². The SMILES string of the molecule is Cc1ccccc1N=c1scc(-c2ccc([N+](=O)[O-])cc2)n1CCCn1ccnc1. The topological polar surface area (TPSA) is 78.2 Å². The lowest BCUT2D eigenvalue weighted by molar-refractivity contribution is -0.384. The van der Waals surface area contributed by atoms with Crippen molar-refractivity contribution in [3.8, 4) is 11.3 Å². The highest BCUT2D eigenvalue weighted by Crippen LogP contribution is 2.24. The van der Waals surface area contributed by atoms with E-state index in [1.165, 1.54) is 0 Å². The van der Waals surface area contributed by atoms with Gasteiger partial charge in [-0.2, -0.15) is 0 Å². The van der Waals surface area contributed by atoms with Crippen LogP contribution >= 0.6 is 11.3 Å². The van der Waals surface area contributed by atoms with Gasteiger partial charge in [0.05, 0.1) is 22.6 Å². The fourth-order valence-corrected chi connectivity index (χ4v) is 4.19. The van der Waals surface area contributed by atoms with Gasteiger partial charge in [-0.15, -0.1) is 11.3 Å². The van der Waals surface area contributed by atoms with Crippen LogP contribution in [0.3, 0.4) is 0 Å². The number of nitrogens with zero attached hydrogens (tertiary/aromatic N) is 5. The number of aromatic nitrogens is 3. The Bertz CT molecular complexity index is 1210. The number of benzene rings is 2. The minimum atomic E-state index is -0.379. The van der Waals surface area contributed by atoms with E-state index in [0.717, 1.165) is 46.8 Å². The van der Waals surface area contributed by atoms with Gasteiger partial charge in [-0.3, -0.25) is 10.1 Å². The number of nitro benzene ring substituents is 1. The Kier molecular flexibility index (Phi) is 5.85. The van der Waals surface area contributed by atoms with Crippen LogP contribution in [0.15, 0.2) is 77.6 Å². The van der Waals surface area contributed by atoms with Crippen LogP contribution in [0.5, 0.6) is 0 Å². The lowest BCUT2D eigenvalue weighted by atomic mass is 10.1. The molecular weight excluding hydrogens is 398 g/mol. The molecule has 0 saturated carbocycles. The molecule has 0 aliphatic rings. The maximum Gasteiger partial charge on any atom is 0.269 e. The van der Waals surface area contributed by atoms with Crippen molar-refractivity contribution in [1.82, 2.24) is 14.1 Å². The third kappa shape index (κ3) is 4.38. The number of non-ortho nitro benzene ring substituents is 1. The van der Waals surface area contributed by atoms with Gasteiger partial charge in [0.2, 0.25) is 0 Å². The molecule has 7 nitrogen and oxygen atoms in total. The van der Waals surface area contributed by atoms with Crippen LogP contribution in [0, 0.1) is 17.0 Å². The fraction of sp³-hybridized carbons (Fsp3) is 0.182. The number of hydrogen-bond acceptors (Lipinski definition) is 5. The van der Waals surface area contributed by atoms with Gasteiger partial charge in [0, 0.05) is 43.0 Å². The zero-order valence-corrected chi connectivity index (χ0v) is 17.3. The van der Waals surface area contributed by atoms with E-state index < -0.39 is 0 Å². The highest BCUT2D eigenvalue weighted by Gasteiger charge is 2.11. The molecule has 0 spiro atoms. The molecule has 0 N–H and O–H groups in total. The summed E-state index contributed by atoms with van der Waals surface area (Å²) in [5.74, 6) is 0. The molecule has 4 rings (SSSR count). The van der Waals surface area contributed by atoms with E-state index >= 15 is 0 Å². The van der Waals surface area contributed by atoms with E-state index in [2.05, 4.69) is 19.5 Å². The molecular formula is C22H21N5O2S. The summed E-state index contributed by atoms with van der Waals surface area (Å²) in [6.45, 7) is 3.68. The van der Waals surface area contributed by atoms with Gasteiger partial charge in [0.1, 0.15) is 0 Å². The molecule has 0 amide bonds. The summed E-state index contributed by atoms with van der Waals surface area (Å²) in [4.78, 5) is 20.5. The highest BCUT2D eigenvalue weighted by molar-refractivity contribution is 7.07. The Balaban J connectivity index is 1.71. The van der Waals surface area contributed by atoms with Crippen LogP contribution < -0.4 is 4.80 Å². The zero-order valence-electron chi connectivity index (χ0n) is 16.5. The second-order valence-electron chi connectivity index (χ2n) is 6.91. The van der Waals surface area contributed by atoms with Crippen molar-refractivity contribution >= 4 is 22.7 Å². The molecule has 0 atom stereocenters. The molecule has 2 aromatic carbocycles. The third-order valence-electron chi connectivity index (χ3n) is 4.86. The first-order valence-electron chi connectivity index (χ1n) is 9.61. The quantitative estimate of drug-likeness (QED) is 0.314. The van der Waals surface area contributed by atoms with Crippen molar-refractivity contribution in [3.05, 3.63) is 93.1 Å². The van der Waals surface area contributed by atoms with E-state index in [0.29, 0.717) is 0 Å². The molecule has 152 valence electrons. The number of hydrogen-bond donors (Lipinski definition) is 0. The number of aryl methyl sites for hydroxylation is 2. The van der Waals surface area contributed by atoms with E-state index in [1.54, 1.807) is 41.8 Å². The number of rotatable bonds is 7. The number of thiazole rings is 1. The summed E-state index contributed by atoms with van der Waals surface area (Å²) in [5, 5.41) is 13.1.